The molecule has 5 nitrogen and oxygen atoms in total. The summed E-state index contributed by atoms with van der Waals surface area (Å²) in [6.45, 7) is 4.44. The van der Waals surface area contributed by atoms with Crippen molar-refractivity contribution in [3.63, 3.8) is 0 Å². The van der Waals surface area contributed by atoms with Crippen LogP contribution in [-0.2, 0) is 11.2 Å². The zero-order chi connectivity index (χ0) is 17.9. The predicted octanol–water partition coefficient (Wildman–Crippen LogP) is 3.47. The van der Waals surface area contributed by atoms with E-state index in [1.807, 2.05) is 30.0 Å². The third-order valence-electron chi connectivity index (χ3n) is 4.83. The molecular weight excluding hydrogens is 328 g/mol. The number of aryl methyl sites for hydroxylation is 1. The molecule has 1 saturated heterocycles. The molecule has 0 saturated carbocycles. The monoisotopic (exact) mass is 350 g/mol. The maximum Gasteiger partial charge on any atom is 0.255 e. The van der Waals surface area contributed by atoms with Gasteiger partial charge in [0.05, 0.1) is 25.0 Å². The van der Waals surface area contributed by atoms with Crippen molar-refractivity contribution in [1.82, 2.24) is 9.88 Å². The van der Waals surface area contributed by atoms with E-state index >= 15 is 0 Å². The fraction of sp³-hybridized carbons (Fsp3) is 0.333. The molecule has 1 aliphatic rings. The third kappa shape index (κ3) is 3.63. The van der Waals surface area contributed by atoms with Crippen LogP contribution in [0.5, 0.6) is 0 Å². The highest BCUT2D eigenvalue weighted by molar-refractivity contribution is 5.94. The van der Waals surface area contributed by atoms with Crippen LogP contribution in [0, 0.1) is 12.8 Å². The van der Waals surface area contributed by atoms with Crippen LogP contribution in [0.1, 0.15) is 21.6 Å². The zero-order valence-electron chi connectivity index (χ0n) is 14.9. The Labute approximate surface area is 152 Å². The molecule has 3 heterocycles. The van der Waals surface area contributed by atoms with Crippen molar-refractivity contribution < 1.29 is 13.9 Å². The van der Waals surface area contributed by atoms with Crippen molar-refractivity contribution in [3.05, 3.63) is 65.7 Å². The van der Waals surface area contributed by atoms with E-state index in [1.54, 1.807) is 12.5 Å². The fourth-order valence-electron chi connectivity index (χ4n) is 3.42. The van der Waals surface area contributed by atoms with Crippen LogP contribution >= 0.6 is 0 Å². The Kier molecular flexibility index (Phi) is 4.71. The van der Waals surface area contributed by atoms with Gasteiger partial charge in [-0.3, -0.25) is 9.78 Å². The van der Waals surface area contributed by atoms with Gasteiger partial charge in [-0.1, -0.05) is 12.1 Å². The SMILES string of the molecule is Cc1ccc(C(=O)N2CCOC[C@@H](Cc3ccc4ccoc4c3)C2)cn1. The minimum absolute atomic E-state index is 0.0227. The second kappa shape index (κ2) is 7.30. The van der Waals surface area contributed by atoms with Crippen LogP contribution in [0.3, 0.4) is 0 Å². The summed E-state index contributed by atoms with van der Waals surface area (Å²) in [5, 5.41) is 1.11. The largest absolute Gasteiger partial charge is 0.464 e. The first-order valence-electron chi connectivity index (χ1n) is 8.95. The van der Waals surface area contributed by atoms with E-state index in [0.717, 1.165) is 23.1 Å². The number of fused-ring (bicyclic) bond motifs is 1. The lowest BCUT2D eigenvalue weighted by atomic mass is 9.98. The molecule has 0 N–H and O–H groups in total. The maximum absolute atomic E-state index is 12.8. The molecule has 4 rings (SSSR count). The van der Waals surface area contributed by atoms with Crippen molar-refractivity contribution in [2.45, 2.75) is 13.3 Å². The number of amides is 1. The first-order valence-corrected chi connectivity index (χ1v) is 8.95. The van der Waals surface area contributed by atoms with Crippen LogP contribution in [0.4, 0.5) is 0 Å². The predicted molar refractivity (Wildman–Crippen MR) is 99.1 cm³/mol. The summed E-state index contributed by atoms with van der Waals surface area (Å²) >= 11 is 0. The van der Waals surface area contributed by atoms with Gasteiger partial charge in [-0.15, -0.1) is 0 Å². The summed E-state index contributed by atoms with van der Waals surface area (Å²) in [5.74, 6) is 0.279. The van der Waals surface area contributed by atoms with E-state index in [0.29, 0.717) is 31.9 Å². The zero-order valence-corrected chi connectivity index (χ0v) is 14.9. The van der Waals surface area contributed by atoms with Crippen LogP contribution in [0.15, 0.2) is 53.3 Å². The molecule has 1 amide bonds. The summed E-state index contributed by atoms with van der Waals surface area (Å²) in [5.41, 5.74) is 3.64. The van der Waals surface area contributed by atoms with Crippen LogP contribution in [0.2, 0.25) is 0 Å². The fourth-order valence-corrected chi connectivity index (χ4v) is 3.42. The van der Waals surface area contributed by atoms with Crippen molar-refractivity contribution in [1.29, 1.82) is 0 Å². The van der Waals surface area contributed by atoms with Crippen LogP contribution in [0.25, 0.3) is 11.0 Å². The highest BCUT2D eigenvalue weighted by atomic mass is 16.5. The highest BCUT2D eigenvalue weighted by Crippen LogP contribution is 2.21. The van der Waals surface area contributed by atoms with Crippen molar-refractivity contribution >= 4 is 16.9 Å². The minimum Gasteiger partial charge on any atom is -0.464 e. The van der Waals surface area contributed by atoms with Gasteiger partial charge < -0.3 is 14.1 Å². The van der Waals surface area contributed by atoms with Gasteiger partial charge in [0.1, 0.15) is 5.58 Å². The van der Waals surface area contributed by atoms with E-state index in [9.17, 15) is 4.79 Å². The maximum atomic E-state index is 12.8. The molecule has 3 aromatic rings. The number of carbonyl (C=O) groups excluding carboxylic acids is 1. The number of benzene rings is 1. The molecule has 134 valence electrons. The standard InChI is InChI=1S/C21H22N2O3/c1-15-2-4-19(12-22-15)21(24)23-7-9-25-14-17(13-23)10-16-3-5-18-6-8-26-20(18)11-16/h2-6,8,11-12,17H,7,9-10,13-14H2,1H3/t17-/m0/s1. The number of ether oxygens (including phenoxy) is 1. The number of nitrogens with zero attached hydrogens (tertiary/aromatic N) is 2. The van der Waals surface area contributed by atoms with Crippen molar-refractivity contribution in [2.24, 2.45) is 5.92 Å². The van der Waals surface area contributed by atoms with Gasteiger partial charge in [0.25, 0.3) is 5.91 Å². The second-order valence-corrected chi connectivity index (χ2v) is 6.88. The Morgan fingerprint density at radius 1 is 1.27 bits per heavy atom. The van der Waals surface area contributed by atoms with Crippen LogP contribution in [-0.4, -0.2) is 42.1 Å². The lowest BCUT2D eigenvalue weighted by Crippen LogP contribution is -2.36. The van der Waals surface area contributed by atoms with E-state index < -0.39 is 0 Å². The van der Waals surface area contributed by atoms with Gasteiger partial charge in [-0.2, -0.15) is 0 Å². The van der Waals surface area contributed by atoms with Gasteiger partial charge >= 0.3 is 0 Å². The number of hydrogen-bond donors (Lipinski definition) is 0. The van der Waals surface area contributed by atoms with Gasteiger partial charge in [0, 0.05) is 36.3 Å². The molecule has 0 unspecified atom stereocenters. The Morgan fingerprint density at radius 3 is 3.04 bits per heavy atom. The minimum atomic E-state index is 0.0227. The normalized spacial score (nSPS) is 18.0. The molecular formula is C21H22N2O3. The smallest absolute Gasteiger partial charge is 0.255 e. The first-order chi connectivity index (χ1) is 12.7. The van der Waals surface area contributed by atoms with Gasteiger partial charge in [-0.05, 0) is 43.2 Å². The Morgan fingerprint density at radius 2 is 2.19 bits per heavy atom. The topological polar surface area (TPSA) is 55.6 Å². The van der Waals surface area contributed by atoms with E-state index in [4.69, 9.17) is 9.15 Å². The summed E-state index contributed by atoms with van der Waals surface area (Å²) in [4.78, 5) is 18.9. The molecule has 1 aromatic carbocycles. The molecule has 0 radical (unpaired) electrons. The number of furan rings is 1. The lowest BCUT2D eigenvalue weighted by Gasteiger charge is -2.23. The highest BCUT2D eigenvalue weighted by Gasteiger charge is 2.24. The molecule has 0 bridgehead atoms. The molecule has 2 aromatic heterocycles. The number of aromatic nitrogens is 1. The first kappa shape index (κ1) is 16.8. The summed E-state index contributed by atoms with van der Waals surface area (Å²) in [6, 6.07) is 12.0. The average molecular weight is 350 g/mol. The van der Waals surface area contributed by atoms with Gasteiger partial charge in [0.15, 0.2) is 0 Å². The van der Waals surface area contributed by atoms with Crippen molar-refractivity contribution in [3.8, 4) is 0 Å². The average Bonchev–Trinajstić information content (AvgIpc) is 2.99. The Hall–Kier alpha value is -2.66. The molecule has 1 fully saturated rings. The molecule has 26 heavy (non-hydrogen) atoms. The summed E-state index contributed by atoms with van der Waals surface area (Å²) in [6.07, 6.45) is 4.22. The molecule has 0 aliphatic carbocycles. The summed E-state index contributed by atoms with van der Waals surface area (Å²) in [7, 11) is 0. The number of rotatable bonds is 3. The Balaban J connectivity index is 1.48. The van der Waals surface area contributed by atoms with E-state index in [1.165, 1.54) is 5.56 Å². The van der Waals surface area contributed by atoms with E-state index in [2.05, 4.69) is 23.2 Å². The number of hydrogen-bond acceptors (Lipinski definition) is 4. The van der Waals surface area contributed by atoms with Gasteiger partial charge in [0.2, 0.25) is 0 Å². The quantitative estimate of drug-likeness (QED) is 0.726. The van der Waals surface area contributed by atoms with Gasteiger partial charge in [-0.25, -0.2) is 0 Å². The summed E-state index contributed by atoms with van der Waals surface area (Å²) < 4.78 is 11.3. The molecule has 5 heteroatoms. The number of pyridine rings is 1. The van der Waals surface area contributed by atoms with E-state index in [-0.39, 0.29) is 11.8 Å². The van der Waals surface area contributed by atoms with Crippen molar-refractivity contribution in [2.75, 3.05) is 26.3 Å². The molecule has 0 spiro atoms. The third-order valence-corrected chi connectivity index (χ3v) is 4.83. The Bertz CT molecular complexity index is 901. The second-order valence-electron chi connectivity index (χ2n) is 6.88. The molecule has 1 atom stereocenters. The van der Waals surface area contributed by atoms with Crippen LogP contribution < -0.4 is 0 Å². The number of carbonyl (C=O) groups is 1. The lowest BCUT2D eigenvalue weighted by molar-refractivity contribution is 0.0737. The molecule has 1 aliphatic heterocycles.